The molecule has 4 rings (SSSR count). The highest BCUT2D eigenvalue weighted by Crippen LogP contribution is 2.30. The summed E-state index contributed by atoms with van der Waals surface area (Å²) in [5, 5.41) is 6.95. The molecule has 6 nitrogen and oxygen atoms in total. The van der Waals surface area contributed by atoms with Crippen molar-refractivity contribution in [3.8, 4) is 11.5 Å². The van der Waals surface area contributed by atoms with Crippen molar-refractivity contribution in [3.63, 3.8) is 0 Å². The van der Waals surface area contributed by atoms with Gasteiger partial charge in [-0.3, -0.25) is 0 Å². The highest BCUT2D eigenvalue weighted by Gasteiger charge is 2.13. The Kier molecular flexibility index (Phi) is 5.06. The van der Waals surface area contributed by atoms with Gasteiger partial charge in [0.2, 0.25) is 0 Å². The van der Waals surface area contributed by atoms with Crippen molar-refractivity contribution in [2.24, 2.45) is 0 Å². The van der Waals surface area contributed by atoms with E-state index < -0.39 is 0 Å². The van der Waals surface area contributed by atoms with Gasteiger partial charge in [0.15, 0.2) is 16.6 Å². The van der Waals surface area contributed by atoms with Crippen LogP contribution in [-0.4, -0.2) is 36.4 Å². The molecule has 7 heteroatoms. The van der Waals surface area contributed by atoms with Crippen LogP contribution in [0.2, 0.25) is 0 Å². The van der Waals surface area contributed by atoms with Crippen molar-refractivity contribution in [3.05, 3.63) is 42.1 Å². The van der Waals surface area contributed by atoms with Crippen LogP contribution in [0.1, 0.15) is 18.4 Å². The van der Waals surface area contributed by atoms with Gasteiger partial charge in [-0.05, 0) is 54.9 Å². The molecule has 0 radical (unpaired) electrons. The van der Waals surface area contributed by atoms with Crippen LogP contribution in [-0.2, 0) is 6.54 Å². The van der Waals surface area contributed by atoms with E-state index in [4.69, 9.17) is 21.7 Å². The molecule has 0 bridgehead atoms. The van der Waals surface area contributed by atoms with Gasteiger partial charge in [-0.1, -0.05) is 6.07 Å². The summed E-state index contributed by atoms with van der Waals surface area (Å²) in [7, 11) is 0. The van der Waals surface area contributed by atoms with E-state index in [1.165, 1.54) is 12.8 Å². The first kappa shape index (κ1) is 16.9. The first-order valence-corrected chi connectivity index (χ1v) is 9.33. The summed E-state index contributed by atoms with van der Waals surface area (Å²) in [4.78, 5) is 6.83. The van der Waals surface area contributed by atoms with Gasteiger partial charge >= 0.3 is 0 Å². The lowest BCUT2D eigenvalue weighted by molar-refractivity contribution is 0.171. The molecule has 0 amide bonds. The van der Waals surface area contributed by atoms with E-state index in [9.17, 15) is 0 Å². The van der Waals surface area contributed by atoms with Gasteiger partial charge in [-0.25, -0.2) is 4.98 Å². The van der Waals surface area contributed by atoms with Gasteiger partial charge in [0, 0.05) is 19.6 Å². The van der Waals surface area contributed by atoms with Crippen LogP contribution < -0.4 is 25.0 Å². The Morgan fingerprint density at radius 1 is 1.08 bits per heavy atom. The van der Waals surface area contributed by atoms with E-state index in [2.05, 4.69) is 20.5 Å². The molecule has 136 valence electrons. The number of aromatic nitrogens is 1. The average molecular weight is 370 g/mol. The number of thiocarbonyl (C=S) groups is 1. The second kappa shape index (κ2) is 7.78. The smallest absolute Gasteiger partial charge is 0.171 e. The van der Waals surface area contributed by atoms with Gasteiger partial charge in [-0.2, -0.15) is 0 Å². The minimum absolute atomic E-state index is 0.565. The Balaban J connectivity index is 1.29. The quantitative estimate of drug-likeness (QED) is 0.803. The van der Waals surface area contributed by atoms with Crippen molar-refractivity contribution in [1.29, 1.82) is 0 Å². The first-order valence-electron chi connectivity index (χ1n) is 8.92. The van der Waals surface area contributed by atoms with Crippen molar-refractivity contribution in [1.82, 2.24) is 10.3 Å². The topological polar surface area (TPSA) is 58.6 Å². The summed E-state index contributed by atoms with van der Waals surface area (Å²) < 4.78 is 11.1. The molecule has 1 aromatic carbocycles. The van der Waals surface area contributed by atoms with E-state index in [0.29, 0.717) is 24.9 Å². The van der Waals surface area contributed by atoms with E-state index in [0.717, 1.165) is 41.7 Å². The van der Waals surface area contributed by atoms with Crippen LogP contribution in [0.25, 0.3) is 0 Å². The number of pyridine rings is 1. The number of hydrogen-bond acceptors (Lipinski definition) is 5. The number of nitrogens with one attached hydrogen (secondary N) is 2. The lowest BCUT2D eigenvalue weighted by atomic mass is 10.2. The molecule has 2 aromatic rings. The zero-order valence-electron chi connectivity index (χ0n) is 14.5. The molecule has 0 unspecified atom stereocenters. The summed E-state index contributed by atoms with van der Waals surface area (Å²) in [6, 6.07) is 9.98. The van der Waals surface area contributed by atoms with Crippen LogP contribution in [0.5, 0.6) is 11.5 Å². The van der Waals surface area contributed by atoms with E-state index in [1.807, 2.05) is 36.5 Å². The molecule has 0 aliphatic carbocycles. The SMILES string of the molecule is S=C(NCc1ccc2c(c1)OCCO2)Nc1ccc(N2CCCC2)nc1. The van der Waals surface area contributed by atoms with Crippen molar-refractivity contribution < 1.29 is 9.47 Å². The Hall–Kier alpha value is -2.54. The molecule has 3 heterocycles. The molecule has 1 aromatic heterocycles. The summed E-state index contributed by atoms with van der Waals surface area (Å²) in [6.07, 6.45) is 4.32. The zero-order chi connectivity index (χ0) is 17.8. The number of fused-ring (bicyclic) bond motifs is 1. The monoisotopic (exact) mass is 370 g/mol. The Labute approximate surface area is 158 Å². The van der Waals surface area contributed by atoms with Crippen molar-refractivity contribution >= 4 is 28.8 Å². The van der Waals surface area contributed by atoms with Crippen LogP contribution >= 0.6 is 12.2 Å². The maximum Gasteiger partial charge on any atom is 0.171 e. The van der Waals surface area contributed by atoms with Gasteiger partial charge in [0.05, 0.1) is 11.9 Å². The Morgan fingerprint density at radius 3 is 2.65 bits per heavy atom. The third kappa shape index (κ3) is 3.99. The van der Waals surface area contributed by atoms with E-state index >= 15 is 0 Å². The van der Waals surface area contributed by atoms with Crippen LogP contribution in [0.4, 0.5) is 11.5 Å². The van der Waals surface area contributed by atoms with Gasteiger partial charge in [0.25, 0.3) is 0 Å². The fourth-order valence-corrected chi connectivity index (χ4v) is 3.34. The molecule has 2 N–H and O–H groups in total. The van der Waals surface area contributed by atoms with E-state index in [-0.39, 0.29) is 0 Å². The number of rotatable bonds is 4. The summed E-state index contributed by atoms with van der Waals surface area (Å²) in [5.41, 5.74) is 1.97. The highest BCUT2D eigenvalue weighted by molar-refractivity contribution is 7.80. The minimum atomic E-state index is 0.565. The molecular formula is C19H22N4O2S. The summed E-state index contributed by atoms with van der Waals surface area (Å²) in [5.74, 6) is 2.62. The molecule has 1 saturated heterocycles. The third-order valence-electron chi connectivity index (χ3n) is 4.50. The first-order chi connectivity index (χ1) is 12.8. The van der Waals surface area contributed by atoms with Crippen molar-refractivity contribution in [2.75, 3.05) is 36.5 Å². The van der Waals surface area contributed by atoms with Gasteiger partial charge < -0.3 is 25.0 Å². The maximum atomic E-state index is 5.61. The molecule has 0 atom stereocenters. The molecule has 2 aliphatic heterocycles. The molecule has 0 spiro atoms. The second-order valence-electron chi connectivity index (χ2n) is 6.38. The van der Waals surface area contributed by atoms with Crippen LogP contribution in [0.3, 0.4) is 0 Å². The van der Waals surface area contributed by atoms with Gasteiger partial charge in [-0.15, -0.1) is 0 Å². The van der Waals surface area contributed by atoms with E-state index in [1.54, 1.807) is 0 Å². The average Bonchev–Trinajstić information content (AvgIpc) is 3.22. The number of benzene rings is 1. The predicted molar refractivity (Wildman–Crippen MR) is 106 cm³/mol. The molecule has 0 saturated carbocycles. The summed E-state index contributed by atoms with van der Waals surface area (Å²) in [6.45, 7) is 3.99. The number of ether oxygens (including phenoxy) is 2. The zero-order valence-corrected chi connectivity index (χ0v) is 15.3. The standard InChI is InChI=1S/C19H22N4O2S/c26-19(21-12-14-3-5-16-17(11-14)25-10-9-24-16)22-15-4-6-18(20-13-15)23-7-1-2-8-23/h3-6,11,13H,1-2,7-10,12H2,(H2,21,22,26). The second-order valence-corrected chi connectivity index (χ2v) is 6.79. The van der Waals surface area contributed by atoms with Crippen molar-refractivity contribution in [2.45, 2.75) is 19.4 Å². The maximum absolute atomic E-state index is 5.61. The minimum Gasteiger partial charge on any atom is -0.486 e. The van der Waals surface area contributed by atoms with Gasteiger partial charge in [0.1, 0.15) is 19.0 Å². The highest BCUT2D eigenvalue weighted by atomic mass is 32.1. The normalized spacial score (nSPS) is 15.6. The largest absolute Gasteiger partial charge is 0.486 e. The number of hydrogen-bond donors (Lipinski definition) is 2. The predicted octanol–water partition coefficient (Wildman–Crippen LogP) is 2.94. The fourth-order valence-electron chi connectivity index (χ4n) is 3.15. The molecule has 26 heavy (non-hydrogen) atoms. The Morgan fingerprint density at radius 2 is 1.88 bits per heavy atom. The Bertz CT molecular complexity index is 776. The molecular weight excluding hydrogens is 348 g/mol. The van der Waals surface area contributed by atoms with Crippen LogP contribution in [0.15, 0.2) is 36.5 Å². The summed E-state index contributed by atoms with van der Waals surface area (Å²) >= 11 is 5.38. The molecule has 1 fully saturated rings. The molecule has 2 aliphatic rings. The number of nitrogens with zero attached hydrogens (tertiary/aromatic N) is 2. The lowest BCUT2D eigenvalue weighted by Gasteiger charge is -2.19. The number of anilines is 2. The lowest BCUT2D eigenvalue weighted by Crippen LogP contribution is -2.28. The van der Waals surface area contributed by atoms with Crippen LogP contribution in [0, 0.1) is 0 Å². The third-order valence-corrected chi connectivity index (χ3v) is 4.74. The fraction of sp³-hybridized carbons (Fsp3) is 0.368.